The average Bonchev–Trinajstić information content (AvgIpc) is 3.00. The molecule has 0 fully saturated rings. The van der Waals surface area contributed by atoms with Crippen LogP contribution >= 0.6 is 0 Å². The van der Waals surface area contributed by atoms with Crippen molar-refractivity contribution in [3.63, 3.8) is 0 Å². The monoisotopic (exact) mass is 325 g/mol. The SMILES string of the molecule is Nc1ncccc1C(=O)NCc1ccc(Cc2cccc(F)c2)o1. The first kappa shape index (κ1) is 15.7. The van der Waals surface area contributed by atoms with Crippen LogP contribution in [0.5, 0.6) is 0 Å². The van der Waals surface area contributed by atoms with Crippen LogP contribution in [-0.2, 0) is 13.0 Å². The quantitative estimate of drug-likeness (QED) is 0.756. The Labute approximate surface area is 138 Å². The highest BCUT2D eigenvalue weighted by atomic mass is 19.1. The van der Waals surface area contributed by atoms with E-state index < -0.39 is 0 Å². The maximum Gasteiger partial charge on any atom is 0.255 e. The summed E-state index contributed by atoms with van der Waals surface area (Å²) in [6.07, 6.45) is 2.01. The molecule has 0 aliphatic carbocycles. The van der Waals surface area contributed by atoms with E-state index in [-0.39, 0.29) is 24.1 Å². The number of rotatable bonds is 5. The molecule has 2 heterocycles. The first-order chi connectivity index (χ1) is 11.6. The van der Waals surface area contributed by atoms with Gasteiger partial charge in [0.2, 0.25) is 0 Å². The number of furan rings is 1. The molecule has 0 aliphatic rings. The third-order valence-electron chi connectivity index (χ3n) is 3.49. The third kappa shape index (κ3) is 3.78. The summed E-state index contributed by atoms with van der Waals surface area (Å²) in [7, 11) is 0. The van der Waals surface area contributed by atoms with Gasteiger partial charge in [-0.25, -0.2) is 9.37 Å². The summed E-state index contributed by atoms with van der Waals surface area (Å²) in [6.45, 7) is 0.232. The molecule has 3 aromatic rings. The molecule has 5 nitrogen and oxygen atoms in total. The number of nitrogens with one attached hydrogen (secondary N) is 1. The lowest BCUT2D eigenvalue weighted by molar-refractivity contribution is 0.0948. The highest BCUT2D eigenvalue weighted by Crippen LogP contribution is 2.14. The maximum atomic E-state index is 13.2. The van der Waals surface area contributed by atoms with Crippen LogP contribution in [0.1, 0.15) is 27.4 Å². The zero-order valence-electron chi connectivity index (χ0n) is 12.8. The number of carbonyl (C=O) groups is 1. The van der Waals surface area contributed by atoms with Crippen LogP contribution in [0, 0.1) is 5.82 Å². The van der Waals surface area contributed by atoms with Crippen LogP contribution in [0.4, 0.5) is 10.2 Å². The van der Waals surface area contributed by atoms with Crippen molar-refractivity contribution in [3.8, 4) is 0 Å². The van der Waals surface area contributed by atoms with Crippen LogP contribution in [-0.4, -0.2) is 10.9 Å². The lowest BCUT2D eigenvalue weighted by Gasteiger charge is -2.05. The Bertz CT molecular complexity index is 861. The molecule has 3 N–H and O–H groups in total. The molecule has 6 heteroatoms. The van der Waals surface area contributed by atoms with Gasteiger partial charge in [-0.15, -0.1) is 0 Å². The van der Waals surface area contributed by atoms with E-state index in [1.807, 2.05) is 12.1 Å². The predicted molar refractivity (Wildman–Crippen MR) is 87.7 cm³/mol. The number of hydrogen-bond donors (Lipinski definition) is 2. The second kappa shape index (κ2) is 6.95. The molecule has 0 radical (unpaired) electrons. The number of aromatic nitrogens is 1. The van der Waals surface area contributed by atoms with Crippen molar-refractivity contribution in [1.29, 1.82) is 0 Å². The van der Waals surface area contributed by atoms with Crippen molar-refractivity contribution >= 4 is 11.7 Å². The summed E-state index contributed by atoms with van der Waals surface area (Å²) >= 11 is 0. The number of carbonyl (C=O) groups excluding carboxylic acids is 1. The van der Waals surface area contributed by atoms with Crippen molar-refractivity contribution < 1.29 is 13.6 Å². The Balaban J connectivity index is 1.60. The predicted octanol–water partition coefficient (Wildman–Crippen LogP) is 2.92. The highest BCUT2D eigenvalue weighted by molar-refractivity contribution is 5.98. The summed E-state index contributed by atoms with van der Waals surface area (Å²) in [5, 5.41) is 2.73. The van der Waals surface area contributed by atoms with Gasteiger partial charge < -0.3 is 15.5 Å². The maximum absolute atomic E-state index is 13.2. The molecule has 0 unspecified atom stereocenters. The van der Waals surface area contributed by atoms with E-state index in [9.17, 15) is 9.18 Å². The van der Waals surface area contributed by atoms with Crippen LogP contribution in [0.3, 0.4) is 0 Å². The van der Waals surface area contributed by atoms with E-state index in [1.54, 1.807) is 24.3 Å². The third-order valence-corrected chi connectivity index (χ3v) is 3.49. The molecule has 1 amide bonds. The molecule has 0 atom stereocenters. The number of anilines is 1. The number of benzene rings is 1. The van der Waals surface area contributed by atoms with Gasteiger partial charge in [-0.05, 0) is 42.0 Å². The number of halogens is 1. The summed E-state index contributed by atoms with van der Waals surface area (Å²) in [5.41, 5.74) is 6.81. The van der Waals surface area contributed by atoms with Crippen molar-refractivity contribution in [2.45, 2.75) is 13.0 Å². The van der Waals surface area contributed by atoms with Gasteiger partial charge in [-0.1, -0.05) is 12.1 Å². The van der Waals surface area contributed by atoms with Gasteiger partial charge in [0.15, 0.2) is 0 Å². The minimum atomic E-state index is -0.316. The van der Waals surface area contributed by atoms with E-state index in [0.717, 1.165) is 5.56 Å². The topological polar surface area (TPSA) is 81.1 Å². The Morgan fingerprint density at radius 2 is 2.00 bits per heavy atom. The van der Waals surface area contributed by atoms with Gasteiger partial charge in [0, 0.05) is 12.6 Å². The number of nitrogens with two attached hydrogens (primary N) is 1. The van der Waals surface area contributed by atoms with Gasteiger partial charge in [-0.2, -0.15) is 0 Å². The van der Waals surface area contributed by atoms with Gasteiger partial charge in [0.1, 0.15) is 23.2 Å². The Hall–Kier alpha value is -3.15. The molecular weight excluding hydrogens is 309 g/mol. The Kier molecular flexibility index (Phi) is 4.56. The van der Waals surface area contributed by atoms with Crippen LogP contribution in [0.15, 0.2) is 59.1 Å². The first-order valence-electron chi connectivity index (χ1n) is 7.42. The van der Waals surface area contributed by atoms with E-state index in [1.165, 1.54) is 18.3 Å². The number of nitrogens with zero attached hydrogens (tertiary/aromatic N) is 1. The normalized spacial score (nSPS) is 10.5. The van der Waals surface area contributed by atoms with Gasteiger partial charge in [0.05, 0.1) is 12.1 Å². The van der Waals surface area contributed by atoms with Crippen molar-refractivity contribution in [2.24, 2.45) is 0 Å². The zero-order chi connectivity index (χ0) is 16.9. The molecule has 0 saturated carbocycles. The summed E-state index contributed by atoms with van der Waals surface area (Å²) in [6, 6.07) is 13.2. The zero-order valence-corrected chi connectivity index (χ0v) is 12.8. The number of pyridine rings is 1. The van der Waals surface area contributed by atoms with E-state index >= 15 is 0 Å². The minimum Gasteiger partial charge on any atom is -0.464 e. The van der Waals surface area contributed by atoms with Gasteiger partial charge in [0.25, 0.3) is 5.91 Å². The van der Waals surface area contributed by atoms with Crippen molar-refractivity contribution in [2.75, 3.05) is 5.73 Å². The summed E-state index contributed by atoms with van der Waals surface area (Å²) in [5.74, 6) is 0.897. The van der Waals surface area contributed by atoms with E-state index in [4.69, 9.17) is 10.2 Å². The van der Waals surface area contributed by atoms with Gasteiger partial charge in [-0.3, -0.25) is 4.79 Å². The fraction of sp³-hybridized carbons (Fsp3) is 0.111. The Morgan fingerprint density at radius 3 is 2.79 bits per heavy atom. The molecular formula is C18H16FN3O2. The number of hydrogen-bond acceptors (Lipinski definition) is 4. The molecule has 2 aromatic heterocycles. The summed E-state index contributed by atoms with van der Waals surface area (Å²) < 4.78 is 18.8. The van der Waals surface area contributed by atoms with E-state index in [0.29, 0.717) is 23.5 Å². The lowest BCUT2D eigenvalue weighted by Crippen LogP contribution is -2.23. The first-order valence-corrected chi connectivity index (χ1v) is 7.42. The van der Waals surface area contributed by atoms with Crippen LogP contribution < -0.4 is 11.1 Å². The standard InChI is InChI=1S/C18H16FN3O2/c19-13-4-1-3-12(9-13)10-14-6-7-15(24-14)11-22-18(23)16-5-2-8-21-17(16)20/h1-9H,10-11H2,(H2,20,21)(H,22,23). The van der Waals surface area contributed by atoms with Crippen molar-refractivity contribution in [1.82, 2.24) is 10.3 Å². The molecule has 1 aromatic carbocycles. The number of amides is 1. The molecule has 0 aliphatic heterocycles. The lowest BCUT2D eigenvalue weighted by atomic mass is 10.1. The van der Waals surface area contributed by atoms with Crippen LogP contribution in [0.25, 0.3) is 0 Å². The molecule has 24 heavy (non-hydrogen) atoms. The average molecular weight is 325 g/mol. The van der Waals surface area contributed by atoms with Crippen LogP contribution in [0.2, 0.25) is 0 Å². The van der Waals surface area contributed by atoms with Gasteiger partial charge >= 0.3 is 0 Å². The fourth-order valence-corrected chi connectivity index (χ4v) is 2.33. The molecule has 3 rings (SSSR count). The molecule has 0 spiro atoms. The largest absolute Gasteiger partial charge is 0.464 e. The molecule has 0 bridgehead atoms. The minimum absolute atomic E-state index is 0.182. The molecule has 0 saturated heterocycles. The second-order valence-corrected chi connectivity index (χ2v) is 5.29. The second-order valence-electron chi connectivity index (χ2n) is 5.29. The number of nitrogen functional groups attached to an aromatic ring is 1. The fourth-order valence-electron chi connectivity index (χ4n) is 2.33. The highest BCUT2D eigenvalue weighted by Gasteiger charge is 2.11. The van der Waals surface area contributed by atoms with E-state index in [2.05, 4.69) is 10.3 Å². The summed E-state index contributed by atoms with van der Waals surface area (Å²) in [4.78, 5) is 15.9. The smallest absolute Gasteiger partial charge is 0.255 e. The van der Waals surface area contributed by atoms with Crippen molar-refractivity contribution in [3.05, 3.63) is 83.2 Å². The Morgan fingerprint density at radius 1 is 1.17 bits per heavy atom. The molecule has 122 valence electrons.